The van der Waals surface area contributed by atoms with Gasteiger partial charge in [-0.3, -0.25) is 4.39 Å². The summed E-state index contributed by atoms with van der Waals surface area (Å²) in [4.78, 5) is 9.70. The van der Waals surface area contributed by atoms with Gasteiger partial charge in [-0.15, -0.1) is 24.3 Å². The molecular formula is C34H23FN6Pt. The third kappa shape index (κ3) is 3.84. The minimum absolute atomic E-state index is 0. The zero-order valence-electron chi connectivity index (χ0n) is 23.0. The van der Waals surface area contributed by atoms with Gasteiger partial charge < -0.3 is 9.13 Å². The van der Waals surface area contributed by atoms with Gasteiger partial charge in [-0.25, -0.2) is 14.6 Å². The molecule has 6 nitrogen and oxygen atoms in total. The number of benzene rings is 4. The second-order valence-electron chi connectivity index (χ2n) is 10.3. The van der Waals surface area contributed by atoms with E-state index in [-0.39, 0.29) is 26.8 Å². The number of para-hydroxylation sites is 2. The molecule has 8 heteroatoms. The van der Waals surface area contributed by atoms with Crippen LogP contribution in [0.15, 0.2) is 84.9 Å². The average Bonchev–Trinajstić information content (AvgIpc) is 3.60. The minimum Gasteiger partial charge on any atom is -0.318 e. The molecule has 0 saturated carbocycles. The van der Waals surface area contributed by atoms with E-state index in [1.54, 1.807) is 10.7 Å². The van der Waals surface area contributed by atoms with Gasteiger partial charge >= 0.3 is 21.1 Å². The molecule has 0 amide bonds. The third-order valence-corrected chi connectivity index (χ3v) is 7.65. The number of rotatable bonds is 3. The zero-order chi connectivity index (χ0) is 27.8. The van der Waals surface area contributed by atoms with E-state index in [1.807, 2.05) is 60.9 Å². The number of halogens is 1. The van der Waals surface area contributed by atoms with E-state index in [1.165, 1.54) is 6.07 Å². The first-order valence-corrected chi connectivity index (χ1v) is 13.4. The van der Waals surface area contributed by atoms with Crippen LogP contribution in [0.2, 0.25) is 0 Å². The molecule has 0 fully saturated rings. The standard InChI is InChI=1S/C34H23FN6.Pt/c1-20-9-8-10-23(17-20)39-30-13-6-4-11-25(30)27-19-28-26-12-5-7-14-31(26)40(34(28)37-33(27)39)32-18-24(15-16-29(32)35)41-22(3)36-21(2)38-41;/h4-9,11-17,19H,1-3H3;/q-2;+2. The molecule has 0 saturated heterocycles. The smallest absolute Gasteiger partial charge is 0.318 e. The van der Waals surface area contributed by atoms with Gasteiger partial charge in [0.15, 0.2) is 0 Å². The SMILES string of the molecule is Cc1cc[c-]c(-n2c3ccccc3c3cc4c5ccccc5n(-c5[c-]c(-n6nc(C)nc6C)ccc5F)c4nc32)c1.[Pt+2]. The van der Waals surface area contributed by atoms with E-state index in [9.17, 15) is 0 Å². The number of aryl methyl sites for hydroxylation is 3. The zero-order valence-corrected chi connectivity index (χ0v) is 25.2. The van der Waals surface area contributed by atoms with Gasteiger partial charge in [0.25, 0.3) is 0 Å². The molecule has 42 heavy (non-hydrogen) atoms. The number of nitrogens with zero attached hydrogens (tertiary/aromatic N) is 6. The molecule has 0 spiro atoms. The van der Waals surface area contributed by atoms with E-state index in [2.05, 4.69) is 64.0 Å². The number of pyridine rings is 1. The van der Waals surface area contributed by atoms with Gasteiger partial charge in [-0.05, 0) is 43.4 Å². The van der Waals surface area contributed by atoms with Crippen LogP contribution in [0.25, 0.3) is 60.9 Å². The molecular weight excluding hydrogens is 706 g/mol. The van der Waals surface area contributed by atoms with Crippen LogP contribution in [0.1, 0.15) is 17.2 Å². The van der Waals surface area contributed by atoms with Crippen molar-refractivity contribution in [3.05, 3.63) is 120 Å². The van der Waals surface area contributed by atoms with Crippen molar-refractivity contribution in [2.45, 2.75) is 20.8 Å². The van der Waals surface area contributed by atoms with E-state index < -0.39 is 5.82 Å². The predicted molar refractivity (Wildman–Crippen MR) is 160 cm³/mol. The van der Waals surface area contributed by atoms with Crippen molar-refractivity contribution >= 4 is 43.9 Å². The summed E-state index contributed by atoms with van der Waals surface area (Å²) in [7, 11) is 0. The van der Waals surface area contributed by atoms with Crippen molar-refractivity contribution in [2.24, 2.45) is 0 Å². The first-order valence-electron chi connectivity index (χ1n) is 13.4. The summed E-state index contributed by atoms with van der Waals surface area (Å²) in [6, 6.07) is 34.4. The summed E-state index contributed by atoms with van der Waals surface area (Å²) in [6.07, 6.45) is 0. The molecule has 0 aliphatic carbocycles. The molecule has 4 aromatic carbocycles. The van der Waals surface area contributed by atoms with Crippen LogP contribution in [0.3, 0.4) is 0 Å². The molecule has 4 aromatic heterocycles. The van der Waals surface area contributed by atoms with E-state index >= 15 is 4.39 Å². The van der Waals surface area contributed by atoms with Crippen LogP contribution >= 0.6 is 0 Å². The molecule has 4 heterocycles. The molecule has 0 bridgehead atoms. The van der Waals surface area contributed by atoms with Gasteiger partial charge in [-0.2, -0.15) is 28.9 Å². The maximum atomic E-state index is 15.7. The number of hydrogen-bond donors (Lipinski definition) is 0. The summed E-state index contributed by atoms with van der Waals surface area (Å²) in [5.41, 5.74) is 6.23. The Morgan fingerprint density at radius 2 is 1.36 bits per heavy atom. The van der Waals surface area contributed by atoms with Crippen molar-refractivity contribution in [1.82, 2.24) is 28.9 Å². The van der Waals surface area contributed by atoms with Crippen LogP contribution in [-0.4, -0.2) is 28.9 Å². The Morgan fingerprint density at radius 1 is 0.690 bits per heavy atom. The molecule has 0 aliphatic heterocycles. The maximum Gasteiger partial charge on any atom is 2.00 e. The number of fused-ring (bicyclic) bond motifs is 6. The van der Waals surface area contributed by atoms with E-state index in [0.29, 0.717) is 23.0 Å². The molecule has 0 unspecified atom stereocenters. The van der Waals surface area contributed by atoms with Crippen molar-refractivity contribution < 1.29 is 25.5 Å². The van der Waals surface area contributed by atoms with Crippen LogP contribution in [0.5, 0.6) is 0 Å². The minimum atomic E-state index is -0.402. The van der Waals surface area contributed by atoms with Crippen LogP contribution < -0.4 is 0 Å². The molecule has 8 aromatic rings. The predicted octanol–water partition coefficient (Wildman–Crippen LogP) is 7.52. The van der Waals surface area contributed by atoms with Crippen molar-refractivity contribution in [3.8, 4) is 17.1 Å². The summed E-state index contributed by atoms with van der Waals surface area (Å²) >= 11 is 0. The third-order valence-electron chi connectivity index (χ3n) is 7.65. The first kappa shape index (κ1) is 26.3. The average molecular weight is 730 g/mol. The van der Waals surface area contributed by atoms with Crippen molar-refractivity contribution in [3.63, 3.8) is 0 Å². The second kappa shape index (κ2) is 9.74. The fourth-order valence-electron chi connectivity index (χ4n) is 5.90. The summed E-state index contributed by atoms with van der Waals surface area (Å²) in [5, 5.41) is 8.55. The summed E-state index contributed by atoms with van der Waals surface area (Å²) in [6.45, 7) is 5.77. The molecule has 0 radical (unpaired) electrons. The van der Waals surface area contributed by atoms with Crippen LogP contribution in [0.4, 0.5) is 4.39 Å². The van der Waals surface area contributed by atoms with Crippen LogP contribution in [0, 0.1) is 38.7 Å². The van der Waals surface area contributed by atoms with Gasteiger partial charge in [0.1, 0.15) is 22.9 Å². The topological polar surface area (TPSA) is 53.5 Å². The fourth-order valence-corrected chi connectivity index (χ4v) is 5.90. The van der Waals surface area contributed by atoms with Crippen molar-refractivity contribution in [1.29, 1.82) is 0 Å². The van der Waals surface area contributed by atoms with E-state index in [0.717, 1.165) is 49.5 Å². The largest absolute Gasteiger partial charge is 2.00 e. The molecule has 0 N–H and O–H groups in total. The monoisotopic (exact) mass is 729 g/mol. The molecule has 0 aliphatic rings. The number of hydrogen-bond acceptors (Lipinski definition) is 3. The first-order chi connectivity index (χ1) is 20.0. The summed E-state index contributed by atoms with van der Waals surface area (Å²) in [5.74, 6) is 0.945. The molecule has 0 atom stereocenters. The van der Waals surface area contributed by atoms with Gasteiger partial charge in [0, 0.05) is 27.4 Å². The van der Waals surface area contributed by atoms with Gasteiger partial charge in [-0.1, -0.05) is 49.0 Å². The Balaban J connectivity index is 0.00000288. The Kier molecular flexibility index (Phi) is 6.10. The Morgan fingerprint density at radius 3 is 2.02 bits per heavy atom. The molecule has 8 rings (SSSR count). The van der Waals surface area contributed by atoms with Crippen LogP contribution in [-0.2, 0) is 21.1 Å². The Hall–Kier alpha value is -4.61. The van der Waals surface area contributed by atoms with Crippen molar-refractivity contribution in [2.75, 3.05) is 0 Å². The van der Waals surface area contributed by atoms with E-state index in [4.69, 9.17) is 4.98 Å². The Labute approximate surface area is 255 Å². The Bertz CT molecular complexity index is 2330. The van der Waals surface area contributed by atoms with Gasteiger partial charge in [0.05, 0.1) is 11.0 Å². The summed E-state index contributed by atoms with van der Waals surface area (Å²) < 4.78 is 21.4. The normalized spacial score (nSPS) is 11.6. The molecule has 206 valence electrons. The van der Waals surface area contributed by atoms with Gasteiger partial charge in [0.2, 0.25) is 0 Å². The fraction of sp³-hybridized carbons (Fsp3) is 0.0882. The quantitative estimate of drug-likeness (QED) is 0.177. The second-order valence-corrected chi connectivity index (χ2v) is 10.3. The number of aromatic nitrogens is 6. The maximum absolute atomic E-state index is 15.7.